The van der Waals surface area contributed by atoms with Crippen molar-refractivity contribution in [2.24, 2.45) is 0 Å². The largest absolute Gasteiger partial charge is 0.479 e. The van der Waals surface area contributed by atoms with Crippen molar-refractivity contribution in [3.63, 3.8) is 0 Å². The van der Waals surface area contributed by atoms with E-state index in [9.17, 15) is 34.5 Å². The van der Waals surface area contributed by atoms with Crippen LogP contribution in [0.25, 0.3) is 0 Å². The van der Waals surface area contributed by atoms with Gasteiger partial charge in [0.2, 0.25) is 0 Å². The van der Waals surface area contributed by atoms with Crippen molar-refractivity contribution >= 4 is 23.9 Å². The Morgan fingerprint density at radius 1 is 0.466 bits per heavy atom. The van der Waals surface area contributed by atoms with Crippen LogP contribution in [0, 0.1) is 0 Å². The minimum absolute atomic E-state index is 0.0427. The van der Waals surface area contributed by atoms with E-state index in [0.717, 1.165) is 103 Å². The van der Waals surface area contributed by atoms with Gasteiger partial charge >= 0.3 is 23.9 Å². The lowest BCUT2D eigenvalue weighted by Gasteiger charge is -2.40. The number of aliphatic carboxylic acids is 1. The summed E-state index contributed by atoms with van der Waals surface area (Å²) in [5.74, 6) is -3.19. The number of carbonyl (C=O) groups excluding carboxylic acids is 3. The molecule has 3 N–H and O–H groups in total. The van der Waals surface area contributed by atoms with Crippen molar-refractivity contribution in [1.82, 2.24) is 0 Å². The number of esters is 3. The summed E-state index contributed by atoms with van der Waals surface area (Å²) in [6.45, 7) is 5.78. The maximum Gasteiger partial charge on any atom is 0.335 e. The second-order valence-electron chi connectivity index (χ2n) is 19.5. The summed E-state index contributed by atoms with van der Waals surface area (Å²) in [5.41, 5.74) is 0. The molecule has 0 saturated carbocycles. The van der Waals surface area contributed by atoms with Crippen LogP contribution in [-0.2, 0) is 42.9 Å². The molecule has 1 saturated heterocycles. The number of unbranched alkanes of at least 4 members (excludes halogenated alkanes) is 22. The number of carbonyl (C=O) groups is 4. The predicted molar refractivity (Wildman–Crippen MR) is 294 cm³/mol. The molecule has 12 nitrogen and oxygen atoms in total. The molecule has 6 atom stereocenters. The van der Waals surface area contributed by atoms with Crippen LogP contribution in [0.4, 0.5) is 0 Å². The van der Waals surface area contributed by atoms with E-state index in [4.69, 9.17) is 23.7 Å². The molecule has 1 rings (SSSR count). The highest BCUT2D eigenvalue weighted by atomic mass is 16.7. The molecule has 1 aliphatic heterocycles. The highest BCUT2D eigenvalue weighted by Crippen LogP contribution is 2.26. The summed E-state index contributed by atoms with van der Waals surface area (Å²) < 4.78 is 28.3. The van der Waals surface area contributed by atoms with Crippen molar-refractivity contribution < 1.29 is 58.2 Å². The van der Waals surface area contributed by atoms with Crippen LogP contribution >= 0.6 is 0 Å². The Labute approximate surface area is 442 Å². The number of allylic oxidation sites excluding steroid dienone is 12. The van der Waals surface area contributed by atoms with E-state index in [1.165, 1.54) is 77.0 Å². The smallest absolute Gasteiger partial charge is 0.335 e. The molecule has 12 heteroatoms. The summed E-state index contributed by atoms with van der Waals surface area (Å²) in [7, 11) is 0. The number of carboxylic acids is 1. The second kappa shape index (κ2) is 49.1. The summed E-state index contributed by atoms with van der Waals surface area (Å²) in [6, 6.07) is 0. The van der Waals surface area contributed by atoms with Crippen LogP contribution in [0.3, 0.4) is 0 Å². The van der Waals surface area contributed by atoms with E-state index in [0.29, 0.717) is 19.3 Å². The normalized spacial score (nSPS) is 18.8. The lowest BCUT2D eigenvalue weighted by atomic mass is 9.98. The van der Waals surface area contributed by atoms with Crippen LogP contribution < -0.4 is 0 Å². The highest BCUT2D eigenvalue weighted by Gasteiger charge is 2.50. The first-order valence-corrected chi connectivity index (χ1v) is 28.9. The van der Waals surface area contributed by atoms with E-state index in [-0.39, 0.29) is 25.9 Å². The van der Waals surface area contributed by atoms with E-state index in [2.05, 4.69) is 93.7 Å². The van der Waals surface area contributed by atoms with Crippen molar-refractivity contribution in [1.29, 1.82) is 0 Å². The fraction of sp³-hybridized carbons (Fsp3) is 0.738. The van der Waals surface area contributed by atoms with Crippen LogP contribution in [-0.4, -0.2) is 89.2 Å². The molecule has 0 amide bonds. The first kappa shape index (κ1) is 67.2. The maximum atomic E-state index is 13.1. The van der Waals surface area contributed by atoms with E-state index in [1.54, 1.807) is 0 Å². The van der Waals surface area contributed by atoms with Crippen molar-refractivity contribution in [3.05, 3.63) is 72.9 Å². The molecular weight excluding hydrogens is 925 g/mol. The van der Waals surface area contributed by atoms with Gasteiger partial charge in [-0.15, -0.1) is 0 Å². The zero-order chi connectivity index (χ0) is 53.3. The van der Waals surface area contributed by atoms with E-state index >= 15 is 0 Å². The SMILES string of the molecule is CC/C=C\C/C=C\C/C=C\C/C=C\CCCCC(=O)OC(COC(=O)CCCCCCCCC/C=C\CCCCCCCC)COC1OC(C(=O)O)C(O)C(O)C1OC(=O)CCCCCCC/C=C\CCCC. The molecular formula is C61H102O12. The lowest BCUT2D eigenvalue weighted by Crippen LogP contribution is -2.61. The third-order valence-electron chi connectivity index (χ3n) is 12.7. The van der Waals surface area contributed by atoms with E-state index < -0.39 is 67.3 Å². The average Bonchev–Trinajstić information content (AvgIpc) is 3.37. The van der Waals surface area contributed by atoms with E-state index in [1.807, 2.05) is 0 Å². The molecule has 0 aromatic carbocycles. The number of aliphatic hydroxyl groups excluding tert-OH is 2. The second-order valence-corrected chi connectivity index (χ2v) is 19.5. The molecule has 6 unspecified atom stereocenters. The molecule has 0 radical (unpaired) electrons. The van der Waals surface area contributed by atoms with Gasteiger partial charge in [0, 0.05) is 19.3 Å². The Bertz CT molecular complexity index is 1550. The molecule has 418 valence electrons. The van der Waals surface area contributed by atoms with Crippen LogP contribution in [0.1, 0.15) is 239 Å². The Balaban J connectivity index is 2.72. The maximum absolute atomic E-state index is 13.1. The molecule has 1 aliphatic rings. The number of aliphatic hydroxyl groups is 2. The molecule has 0 aromatic heterocycles. The minimum Gasteiger partial charge on any atom is -0.479 e. The first-order chi connectivity index (χ1) is 35.6. The number of hydrogen-bond donors (Lipinski definition) is 3. The van der Waals surface area contributed by atoms with Gasteiger partial charge in [-0.25, -0.2) is 4.79 Å². The third-order valence-corrected chi connectivity index (χ3v) is 12.7. The number of carboxylic acid groups (broad SMARTS) is 1. The Morgan fingerprint density at radius 3 is 1.40 bits per heavy atom. The van der Waals surface area contributed by atoms with Gasteiger partial charge < -0.3 is 39.0 Å². The molecule has 0 aromatic rings. The standard InChI is InChI=1S/C61H102O12/c1-4-7-10-13-16-19-22-24-26-27-29-30-33-35-38-41-44-47-53(62)69-50-52(71-54(63)48-45-42-39-37-34-31-28-25-23-20-17-14-11-8-5-2)51-70-61-59(57(66)56(65)58(73-61)60(67)68)72-55(64)49-46-43-40-36-32-21-18-15-12-9-6-3/h8,11,15,17-18,20,24-26,28,34,37,52,56-59,61,65-66H,4-7,9-10,12-14,16,19,21-23,27,29-33,35-36,38-51H2,1-3H3,(H,67,68)/b11-8-,18-15-,20-17-,26-24-,28-25-,37-34-. The van der Waals surface area contributed by atoms with Gasteiger partial charge in [0.1, 0.15) is 18.8 Å². The topological polar surface area (TPSA) is 175 Å². The predicted octanol–water partition coefficient (Wildman–Crippen LogP) is 14.6. The number of hydrogen-bond acceptors (Lipinski definition) is 11. The molecule has 73 heavy (non-hydrogen) atoms. The lowest BCUT2D eigenvalue weighted by molar-refractivity contribution is -0.301. The van der Waals surface area contributed by atoms with Crippen molar-refractivity contribution in [2.75, 3.05) is 13.2 Å². The van der Waals surface area contributed by atoms with Gasteiger partial charge in [-0.3, -0.25) is 14.4 Å². The summed E-state index contributed by atoms with van der Waals surface area (Å²) >= 11 is 0. The highest BCUT2D eigenvalue weighted by molar-refractivity contribution is 5.74. The van der Waals surface area contributed by atoms with Crippen molar-refractivity contribution in [3.8, 4) is 0 Å². The quantitative estimate of drug-likeness (QED) is 0.0228. The fourth-order valence-electron chi connectivity index (χ4n) is 8.27. The van der Waals surface area contributed by atoms with Gasteiger partial charge in [0.15, 0.2) is 24.6 Å². The summed E-state index contributed by atoms with van der Waals surface area (Å²) in [5, 5.41) is 31.4. The summed E-state index contributed by atoms with van der Waals surface area (Å²) in [4.78, 5) is 51.0. The zero-order valence-electron chi connectivity index (χ0n) is 45.9. The monoisotopic (exact) mass is 1030 g/mol. The van der Waals surface area contributed by atoms with Gasteiger partial charge in [-0.2, -0.15) is 0 Å². The van der Waals surface area contributed by atoms with Gasteiger partial charge in [0.25, 0.3) is 0 Å². The van der Waals surface area contributed by atoms with Crippen LogP contribution in [0.2, 0.25) is 0 Å². The van der Waals surface area contributed by atoms with Crippen LogP contribution in [0.5, 0.6) is 0 Å². The minimum atomic E-state index is -1.91. The zero-order valence-corrected chi connectivity index (χ0v) is 45.9. The van der Waals surface area contributed by atoms with Crippen molar-refractivity contribution in [2.45, 2.75) is 276 Å². The fourth-order valence-corrected chi connectivity index (χ4v) is 8.27. The third kappa shape index (κ3) is 39.3. The molecule has 0 spiro atoms. The summed E-state index contributed by atoms with van der Waals surface area (Å²) in [6.07, 6.45) is 48.9. The van der Waals surface area contributed by atoms with Crippen LogP contribution in [0.15, 0.2) is 72.9 Å². The van der Waals surface area contributed by atoms with Gasteiger partial charge in [-0.05, 0) is 103 Å². The first-order valence-electron chi connectivity index (χ1n) is 28.9. The van der Waals surface area contributed by atoms with Gasteiger partial charge in [-0.1, -0.05) is 190 Å². The Morgan fingerprint density at radius 2 is 0.877 bits per heavy atom. The molecule has 1 fully saturated rings. The van der Waals surface area contributed by atoms with Gasteiger partial charge in [0.05, 0.1) is 6.61 Å². The number of ether oxygens (including phenoxy) is 5. The number of rotatable bonds is 48. The Kier molecular flexibility index (Phi) is 45.1. The average molecular weight is 1030 g/mol. The Hall–Kier alpha value is -3.84. The molecule has 0 bridgehead atoms. The molecule has 1 heterocycles. The molecule has 0 aliphatic carbocycles.